The highest BCUT2D eigenvalue weighted by molar-refractivity contribution is 6.44. The first-order valence-corrected chi connectivity index (χ1v) is 6.83. The van der Waals surface area contributed by atoms with Gasteiger partial charge in [0.05, 0.1) is 25.7 Å². The van der Waals surface area contributed by atoms with Crippen LogP contribution in [0.5, 0.6) is 0 Å². The highest BCUT2D eigenvalue weighted by atomic mass is 35.5. The van der Waals surface area contributed by atoms with Crippen molar-refractivity contribution < 1.29 is 9.31 Å². The fourth-order valence-electron chi connectivity index (χ4n) is 1.69. The SMILES string of the molecule is O=[N+]([O-])c1cccc(CNc2cc(Cl)c(Cl)cc2Cl)c1F. The number of nitro groups is 1. The lowest BCUT2D eigenvalue weighted by Gasteiger charge is -2.10. The molecule has 2 rings (SSSR count). The van der Waals surface area contributed by atoms with E-state index in [9.17, 15) is 14.5 Å². The molecule has 110 valence electrons. The predicted octanol–water partition coefficient (Wildman–Crippen LogP) is 5.31. The molecule has 2 aromatic carbocycles. The minimum atomic E-state index is -0.883. The van der Waals surface area contributed by atoms with Gasteiger partial charge in [0.25, 0.3) is 0 Å². The average molecular weight is 350 g/mol. The molecular formula is C13H8Cl3FN2O2. The quantitative estimate of drug-likeness (QED) is 0.462. The fourth-order valence-corrected chi connectivity index (χ4v) is 2.31. The van der Waals surface area contributed by atoms with Crippen LogP contribution in [0.3, 0.4) is 0 Å². The summed E-state index contributed by atoms with van der Waals surface area (Å²) in [5.41, 5.74) is 0.0258. The summed E-state index contributed by atoms with van der Waals surface area (Å²) in [7, 11) is 0. The van der Waals surface area contributed by atoms with Crippen molar-refractivity contribution in [2.45, 2.75) is 6.54 Å². The van der Waals surface area contributed by atoms with Gasteiger partial charge in [-0.3, -0.25) is 10.1 Å². The Balaban J connectivity index is 2.23. The van der Waals surface area contributed by atoms with Crippen molar-refractivity contribution in [3.8, 4) is 0 Å². The molecule has 0 spiro atoms. The molecule has 4 nitrogen and oxygen atoms in total. The van der Waals surface area contributed by atoms with Crippen LogP contribution < -0.4 is 5.32 Å². The zero-order valence-corrected chi connectivity index (χ0v) is 12.6. The van der Waals surface area contributed by atoms with Gasteiger partial charge in [-0.25, -0.2) is 0 Å². The molecule has 0 fully saturated rings. The van der Waals surface area contributed by atoms with Gasteiger partial charge in [0.1, 0.15) is 0 Å². The molecule has 2 aromatic rings. The molecule has 0 atom stereocenters. The molecule has 0 saturated carbocycles. The number of nitrogens with zero attached hydrogens (tertiary/aromatic N) is 1. The lowest BCUT2D eigenvalue weighted by Crippen LogP contribution is -2.04. The van der Waals surface area contributed by atoms with Crippen molar-refractivity contribution in [2.75, 3.05) is 5.32 Å². The fraction of sp³-hybridized carbons (Fsp3) is 0.0769. The van der Waals surface area contributed by atoms with Gasteiger partial charge in [-0.15, -0.1) is 0 Å². The predicted molar refractivity (Wildman–Crippen MR) is 81.9 cm³/mol. The summed E-state index contributed by atoms with van der Waals surface area (Å²) in [6, 6.07) is 6.92. The molecule has 0 heterocycles. The van der Waals surface area contributed by atoms with E-state index in [2.05, 4.69) is 5.32 Å². The zero-order valence-electron chi connectivity index (χ0n) is 10.4. The standard InChI is InChI=1S/C13H8Cl3FN2O2/c14-8-4-10(16)11(5-9(8)15)18-6-7-2-1-3-12(13(7)17)19(20)21/h1-5,18H,6H2. The second kappa shape index (κ2) is 6.47. The highest BCUT2D eigenvalue weighted by Crippen LogP contribution is 2.32. The number of nitrogens with one attached hydrogen (secondary N) is 1. The van der Waals surface area contributed by atoms with E-state index in [4.69, 9.17) is 34.8 Å². The number of hydrogen-bond donors (Lipinski definition) is 1. The summed E-state index contributed by atoms with van der Waals surface area (Å²) in [5, 5.41) is 14.5. The van der Waals surface area contributed by atoms with Crippen LogP contribution in [0.15, 0.2) is 30.3 Å². The monoisotopic (exact) mass is 348 g/mol. The Morgan fingerprint density at radius 1 is 1.14 bits per heavy atom. The van der Waals surface area contributed by atoms with E-state index in [1.165, 1.54) is 24.3 Å². The van der Waals surface area contributed by atoms with Crippen LogP contribution in [0.25, 0.3) is 0 Å². The number of benzene rings is 2. The first kappa shape index (κ1) is 15.8. The van der Waals surface area contributed by atoms with E-state index < -0.39 is 16.4 Å². The largest absolute Gasteiger partial charge is 0.380 e. The Morgan fingerprint density at radius 3 is 2.48 bits per heavy atom. The Morgan fingerprint density at radius 2 is 1.81 bits per heavy atom. The van der Waals surface area contributed by atoms with Crippen LogP contribution in [-0.4, -0.2) is 4.92 Å². The molecule has 0 aliphatic heterocycles. The molecule has 0 bridgehead atoms. The number of hydrogen-bond acceptors (Lipinski definition) is 3. The van der Waals surface area contributed by atoms with E-state index >= 15 is 0 Å². The number of rotatable bonds is 4. The second-order valence-corrected chi connectivity index (χ2v) is 5.33. The van der Waals surface area contributed by atoms with E-state index in [0.29, 0.717) is 20.8 Å². The van der Waals surface area contributed by atoms with E-state index in [-0.39, 0.29) is 12.1 Å². The molecule has 0 amide bonds. The Bertz CT molecular complexity index is 710. The minimum absolute atomic E-state index is 0.0190. The zero-order chi connectivity index (χ0) is 15.6. The summed E-state index contributed by atoms with van der Waals surface area (Å²) < 4.78 is 13.9. The molecule has 0 radical (unpaired) electrons. The summed E-state index contributed by atoms with van der Waals surface area (Å²) >= 11 is 17.7. The average Bonchev–Trinajstić information content (AvgIpc) is 2.42. The summed E-state index contributed by atoms with van der Waals surface area (Å²) in [4.78, 5) is 9.90. The minimum Gasteiger partial charge on any atom is -0.380 e. The van der Waals surface area contributed by atoms with Gasteiger partial charge in [0.2, 0.25) is 5.82 Å². The van der Waals surface area contributed by atoms with Crippen LogP contribution in [0.2, 0.25) is 15.1 Å². The van der Waals surface area contributed by atoms with Crippen LogP contribution >= 0.6 is 34.8 Å². The van der Waals surface area contributed by atoms with Crippen molar-refractivity contribution >= 4 is 46.2 Å². The van der Waals surface area contributed by atoms with Gasteiger partial charge in [0.15, 0.2) is 0 Å². The first-order chi connectivity index (χ1) is 9.90. The smallest absolute Gasteiger partial charge is 0.305 e. The highest BCUT2D eigenvalue weighted by Gasteiger charge is 2.17. The lowest BCUT2D eigenvalue weighted by molar-refractivity contribution is -0.387. The van der Waals surface area contributed by atoms with E-state index in [1.54, 1.807) is 0 Å². The molecule has 0 aliphatic carbocycles. The van der Waals surface area contributed by atoms with Crippen LogP contribution in [-0.2, 0) is 6.54 Å². The van der Waals surface area contributed by atoms with Crippen molar-refractivity contribution in [3.05, 3.63) is 66.9 Å². The molecule has 0 saturated heterocycles. The van der Waals surface area contributed by atoms with Crippen molar-refractivity contribution in [2.24, 2.45) is 0 Å². The first-order valence-electron chi connectivity index (χ1n) is 5.70. The molecule has 21 heavy (non-hydrogen) atoms. The second-order valence-electron chi connectivity index (χ2n) is 4.11. The van der Waals surface area contributed by atoms with E-state index in [0.717, 1.165) is 6.07 Å². The normalized spacial score (nSPS) is 10.5. The lowest BCUT2D eigenvalue weighted by atomic mass is 10.2. The third-order valence-electron chi connectivity index (χ3n) is 2.73. The molecule has 0 aromatic heterocycles. The van der Waals surface area contributed by atoms with Crippen molar-refractivity contribution in [1.82, 2.24) is 0 Å². The number of halogens is 4. The van der Waals surface area contributed by atoms with Crippen molar-refractivity contribution in [1.29, 1.82) is 0 Å². The Kier molecular flexibility index (Phi) is 4.88. The summed E-state index contributed by atoms with van der Waals surface area (Å²) in [6.07, 6.45) is 0. The summed E-state index contributed by atoms with van der Waals surface area (Å²) in [5.74, 6) is -0.883. The van der Waals surface area contributed by atoms with Gasteiger partial charge in [-0.2, -0.15) is 4.39 Å². The summed E-state index contributed by atoms with van der Waals surface area (Å²) in [6.45, 7) is 0.0190. The third kappa shape index (κ3) is 3.56. The van der Waals surface area contributed by atoms with Crippen LogP contribution in [0.4, 0.5) is 15.8 Å². The Hall–Kier alpha value is -1.56. The molecule has 1 N–H and O–H groups in total. The maximum Gasteiger partial charge on any atom is 0.305 e. The number of nitro benzene ring substituents is 1. The number of anilines is 1. The van der Waals surface area contributed by atoms with Gasteiger partial charge < -0.3 is 5.32 Å². The Labute approximate surface area is 134 Å². The van der Waals surface area contributed by atoms with Crippen LogP contribution in [0, 0.1) is 15.9 Å². The van der Waals surface area contributed by atoms with Crippen molar-refractivity contribution in [3.63, 3.8) is 0 Å². The van der Waals surface area contributed by atoms with Gasteiger partial charge in [-0.05, 0) is 12.1 Å². The van der Waals surface area contributed by atoms with Crippen LogP contribution in [0.1, 0.15) is 5.56 Å². The third-order valence-corrected chi connectivity index (χ3v) is 3.77. The van der Waals surface area contributed by atoms with Gasteiger partial charge in [0, 0.05) is 18.2 Å². The molecule has 0 unspecified atom stereocenters. The molecule has 8 heteroatoms. The molecular weight excluding hydrogens is 342 g/mol. The maximum absolute atomic E-state index is 13.9. The molecule has 0 aliphatic rings. The maximum atomic E-state index is 13.9. The van der Waals surface area contributed by atoms with E-state index in [1.807, 2.05) is 0 Å². The van der Waals surface area contributed by atoms with Gasteiger partial charge >= 0.3 is 5.69 Å². The topological polar surface area (TPSA) is 55.2 Å². The van der Waals surface area contributed by atoms with Gasteiger partial charge in [-0.1, -0.05) is 46.9 Å².